The molecule has 16 heteroatoms. The predicted octanol–water partition coefficient (Wildman–Crippen LogP) is 13.3. The van der Waals surface area contributed by atoms with Crippen LogP contribution in [0.15, 0.2) is 92.5 Å². The Morgan fingerprint density at radius 3 is 1.04 bits per heavy atom. The summed E-state index contributed by atoms with van der Waals surface area (Å²) in [6.07, 6.45) is -11.7. The Morgan fingerprint density at radius 1 is 0.438 bits per heavy atom. The van der Waals surface area contributed by atoms with Gasteiger partial charge in [0.25, 0.3) is 0 Å². The first-order valence-corrected chi connectivity index (χ1v) is 16.6. The largest absolute Gasteiger partial charge is 0.458 e. The van der Waals surface area contributed by atoms with Gasteiger partial charge < -0.3 is 0 Å². The van der Waals surface area contributed by atoms with Crippen molar-refractivity contribution in [3.8, 4) is 43.4 Å². The summed E-state index contributed by atoms with van der Waals surface area (Å²) in [5.74, 6) is -10.3. The van der Waals surface area contributed by atoms with Crippen molar-refractivity contribution >= 4 is 65.6 Å². The standard InChI is InChI=1S/C32H14Br2F10N2S2/c33-23-13-11-21(47-23)19-9-10-20(22-12-14-24(34)48-22)28-27(19)45-25(15-1-5-17(6-2-15)29(35,36)31(39,40)41)26(46-28)16-3-7-18(8-4-16)30(37,38)32(42,43)44/h1-14H. The van der Waals surface area contributed by atoms with E-state index in [0.29, 0.717) is 46.4 Å². The third-order valence-electron chi connectivity index (χ3n) is 7.25. The topological polar surface area (TPSA) is 25.8 Å². The number of hydrogen-bond acceptors (Lipinski definition) is 4. The summed E-state index contributed by atoms with van der Waals surface area (Å²) in [4.78, 5) is 11.2. The van der Waals surface area contributed by atoms with E-state index < -0.39 is 35.3 Å². The minimum Gasteiger partial charge on any atom is -0.243 e. The maximum Gasteiger partial charge on any atom is 0.458 e. The molecule has 0 radical (unpaired) electrons. The number of hydrogen-bond donors (Lipinski definition) is 0. The molecule has 0 bridgehead atoms. The fourth-order valence-corrected chi connectivity index (χ4v) is 7.68. The monoisotopic (exact) mass is 838 g/mol. The third-order valence-corrected chi connectivity index (χ3v) is 10.6. The van der Waals surface area contributed by atoms with Gasteiger partial charge in [-0.15, -0.1) is 22.7 Å². The van der Waals surface area contributed by atoms with E-state index in [1.54, 1.807) is 24.3 Å². The molecule has 48 heavy (non-hydrogen) atoms. The van der Waals surface area contributed by atoms with E-state index in [1.807, 2.05) is 12.1 Å². The van der Waals surface area contributed by atoms with Crippen molar-refractivity contribution < 1.29 is 43.9 Å². The molecule has 3 heterocycles. The minimum atomic E-state index is -5.86. The SMILES string of the molecule is FC(F)(F)C(F)(F)c1ccc(-c2nc3c(-c4ccc(Br)s4)ccc(-c4ccc(Br)s4)c3nc2-c2ccc(C(F)(F)C(F)(F)F)cc2)cc1. The molecule has 0 fully saturated rings. The fraction of sp³-hybridized carbons (Fsp3) is 0.125. The number of halogens is 12. The second-order valence-corrected chi connectivity index (χ2v) is 15.2. The molecule has 0 amide bonds. The highest BCUT2D eigenvalue weighted by molar-refractivity contribution is 9.11. The predicted molar refractivity (Wildman–Crippen MR) is 172 cm³/mol. The van der Waals surface area contributed by atoms with E-state index in [0.717, 1.165) is 41.6 Å². The van der Waals surface area contributed by atoms with E-state index in [-0.39, 0.29) is 22.5 Å². The number of alkyl halides is 10. The normalized spacial score (nSPS) is 13.0. The molecule has 0 unspecified atom stereocenters. The van der Waals surface area contributed by atoms with Gasteiger partial charge >= 0.3 is 24.2 Å². The van der Waals surface area contributed by atoms with E-state index in [9.17, 15) is 43.9 Å². The van der Waals surface area contributed by atoms with Crippen molar-refractivity contribution in [1.29, 1.82) is 0 Å². The molecular formula is C32H14Br2F10N2S2. The highest BCUT2D eigenvalue weighted by atomic mass is 79.9. The highest BCUT2D eigenvalue weighted by Gasteiger charge is 2.59. The van der Waals surface area contributed by atoms with Crippen LogP contribution < -0.4 is 0 Å². The van der Waals surface area contributed by atoms with E-state index in [2.05, 4.69) is 31.9 Å². The van der Waals surface area contributed by atoms with Gasteiger partial charge in [0.15, 0.2) is 0 Å². The second kappa shape index (κ2) is 12.2. The van der Waals surface area contributed by atoms with E-state index in [1.165, 1.54) is 22.7 Å². The summed E-state index contributed by atoms with van der Waals surface area (Å²) >= 11 is 9.58. The molecule has 0 saturated heterocycles. The van der Waals surface area contributed by atoms with Crippen molar-refractivity contribution in [3.05, 3.63) is 104 Å². The Hall–Kier alpha value is -3.34. The van der Waals surface area contributed by atoms with Crippen LogP contribution in [0.25, 0.3) is 54.4 Å². The van der Waals surface area contributed by atoms with Crippen molar-refractivity contribution in [1.82, 2.24) is 9.97 Å². The van der Waals surface area contributed by atoms with Crippen LogP contribution in [-0.4, -0.2) is 22.3 Å². The van der Waals surface area contributed by atoms with Crippen LogP contribution in [0, 0.1) is 0 Å². The molecule has 6 aromatic rings. The second-order valence-electron chi connectivity index (χ2n) is 10.3. The summed E-state index contributed by atoms with van der Waals surface area (Å²) in [5, 5.41) is 0. The lowest BCUT2D eigenvalue weighted by Crippen LogP contribution is -2.33. The van der Waals surface area contributed by atoms with Crippen LogP contribution in [0.5, 0.6) is 0 Å². The van der Waals surface area contributed by atoms with Gasteiger partial charge in [-0.3, -0.25) is 0 Å². The van der Waals surface area contributed by atoms with E-state index in [4.69, 9.17) is 9.97 Å². The highest BCUT2D eigenvalue weighted by Crippen LogP contribution is 2.47. The summed E-state index contributed by atoms with van der Waals surface area (Å²) in [5.41, 5.74) is -0.847. The van der Waals surface area contributed by atoms with Crippen molar-refractivity contribution in [3.63, 3.8) is 0 Å². The molecule has 0 atom stereocenters. The summed E-state index contributed by atoms with van der Waals surface area (Å²) in [7, 11) is 0. The van der Waals surface area contributed by atoms with Crippen LogP contribution in [0.1, 0.15) is 11.1 Å². The van der Waals surface area contributed by atoms with E-state index >= 15 is 0 Å². The van der Waals surface area contributed by atoms with Crippen LogP contribution in [0.3, 0.4) is 0 Å². The van der Waals surface area contributed by atoms with Crippen molar-refractivity contribution in [2.45, 2.75) is 24.2 Å². The Kier molecular flexibility index (Phi) is 8.78. The summed E-state index contributed by atoms with van der Waals surface area (Å²) in [6, 6.07) is 17.1. The lowest BCUT2D eigenvalue weighted by atomic mass is 9.97. The Balaban J connectivity index is 1.63. The molecule has 0 spiro atoms. The van der Waals surface area contributed by atoms with Crippen LogP contribution in [0.4, 0.5) is 43.9 Å². The lowest BCUT2D eigenvalue weighted by Gasteiger charge is -2.21. The molecule has 0 aliphatic carbocycles. The first-order chi connectivity index (χ1) is 22.4. The van der Waals surface area contributed by atoms with Crippen LogP contribution >= 0.6 is 54.5 Å². The van der Waals surface area contributed by atoms with Crippen molar-refractivity contribution in [2.75, 3.05) is 0 Å². The number of nitrogens with zero attached hydrogens (tertiary/aromatic N) is 2. The number of rotatable bonds is 6. The number of benzene rings is 3. The van der Waals surface area contributed by atoms with Gasteiger partial charge in [-0.05, 0) is 56.1 Å². The summed E-state index contributed by atoms with van der Waals surface area (Å²) in [6.45, 7) is 0. The molecule has 0 aliphatic heterocycles. The quantitative estimate of drug-likeness (QED) is 0.156. The maximum absolute atomic E-state index is 14.1. The first-order valence-electron chi connectivity index (χ1n) is 13.4. The van der Waals surface area contributed by atoms with Crippen LogP contribution in [0.2, 0.25) is 0 Å². The van der Waals surface area contributed by atoms with Gasteiger partial charge in [0.2, 0.25) is 0 Å². The molecule has 3 aromatic carbocycles. The molecular weight excluding hydrogens is 826 g/mol. The van der Waals surface area contributed by atoms with Gasteiger partial charge in [0.1, 0.15) is 0 Å². The molecule has 6 rings (SSSR count). The van der Waals surface area contributed by atoms with Gasteiger partial charge in [-0.2, -0.15) is 43.9 Å². The van der Waals surface area contributed by atoms with Gasteiger partial charge in [-0.1, -0.05) is 60.7 Å². The third kappa shape index (κ3) is 6.16. The average molecular weight is 840 g/mol. The zero-order valence-corrected chi connectivity index (χ0v) is 28.1. The van der Waals surface area contributed by atoms with Crippen LogP contribution in [-0.2, 0) is 11.8 Å². The van der Waals surface area contributed by atoms with Gasteiger partial charge in [0.05, 0.1) is 30.0 Å². The average Bonchev–Trinajstić information content (AvgIpc) is 3.66. The number of fused-ring (bicyclic) bond motifs is 1. The molecule has 0 aliphatic rings. The summed E-state index contributed by atoms with van der Waals surface area (Å²) < 4.78 is 137. The number of thiophene rings is 2. The fourth-order valence-electron chi connectivity index (χ4n) is 4.86. The lowest BCUT2D eigenvalue weighted by molar-refractivity contribution is -0.289. The Labute approximate surface area is 289 Å². The minimum absolute atomic E-state index is 0.0356. The first kappa shape index (κ1) is 34.5. The molecule has 0 saturated carbocycles. The maximum atomic E-state index is 14.1. The number of aromatic nitrogens is 2. The Bertz CT molecular complexity index is 1980. The smallest absolute Gasteiger partial charge is 0.243 e. The van der Waals surface area contributed by atoms with Crippen molar-refractivity contribution in [2.24, 2.45) is 0 Å². The molecule has 248 valence electrons. The van der Waals surface area contributed by atoms with Gasteiger partial charge in [-0.25, -0.2) is 9.97 Å². The van der Waals surface area contributed by atoms with Gasteiger partial charge in [0, 0.05) is 43.1 Å². The molecule has 0 N–H and O–H groups in total. The molecule has 3 aromatic heterocycles. The molecule has 2 nitrogen and oxygen atoms in total. The zero-order valence-electron chi connectivity index (χ0n) is 23.3. The Morgan fingerprint density at radius 2 is 0.771 bits per heavy atom. The zero-order chi connectivity index (χ0) is 34.8.